The van der Waals surface area contributed by atoms with Crippen molar-refractivity contribution in [3.8, 4) is 0 Å². The molecule has 1 aromatic rings. The van der Waals surface area contributed by atoms with Gasteiger partial charge in [0.25, 0.3) is 5.91 Å². The van der Waals surface area contributed by atoms with Gasteiger partial charge in [-0.15, -0.1) is 0 Å². The Hall–Kier alpha value is -1.42. The first-order valence-corrected chi connectivity index (χ1v) is 5.94. The second-order valence-electron chi connectivity index (χ2n) is 4.10. The molecule has 1 amide bonds. The van der Waals surface area contributed by atoms with E-state index in [-0.39, 0.29) is 12.5 Å². The zero-order valence-electron chi connectivity index (χ0n) is 10.7. The maximum absolute atomic E-state index is 12.2. The average Bonchev–Trinajstić information content (AvgIpc) is 2.28. The highest BCUT2D eigenvalue weighted by molar-refractivity contribution is 5.95. The normalized spacial score (nSPS) is 10.4. The highest BCUT2D eigenvalue weighted by atomic mass is 16.3. The fourth-order valence-corrected chi connectivity index (χ4v) is 1.79. The molecular weight excluding hydrogens is 216 g/mol. The lowest BCUT2D eigenvalue weighted by molar-refractivity contribution is 0.0720. The zero-order valence-corrected chi connectivity index (χ0v) is 10.7. The lowest BCUT2D eigenvalue weighted by atomic mass is 10.1. The lowest BCUT2D eigenvalue weighted by Gasteiger charge is -2.21. The van der Waals surface area contributed by atoms with Gasteiger partial charge in [0.1, 0.15) is 0 Å². The Morgan fingerprint density at radius 1 is 1.35 bits per heavy atom. The standard InChI is InChI=1S/C13H20N2O2/c1-4-7-15(8-9-16)13(17)12-6-5-10(2)14-11(12)3/h5-6,16H,4,7-9H2,1-3H3. The molecule has 0 spiro atoms. The van der Waals surface area contributed by atoms with E-state index in [1.54, 1.807) is 11.0 Å². The fraction of sp³-hybridized carbons (Fsp3) is 0.538. The monoisotopic (exact) mass is 236 g/mol. The molecule has 1 rings (SSSR count). The third-order valence-electron chi connectivity index (χ3n) is 2.61. The number of hydrogen-bond donors (Lipinski definition) is 1. The van der Waals surface area contributed by atoms with Crippen LogP contribution in [0.2, 0.25) is 0 Å². The average molecular weight is 236 g/mol. The van der Waals surface area contributed by atoms with Crippen LogP contribution in [0.25, 0.3) is 0 Å². The highest BCUT2D eigenvalue weighted by Crippen LogP contribution is 2.10. The zero-order chi connectivity index (χ0) is 12.8. The topological polar surface area (TPSA) is 53.4 Å². The smallest absolute Gasteiger partial charge is 0.255 e. The van der Waals surface area contributed by atoms with E-state index in [9.17, 15) is 4.79 Å². The van der Waals surface area contributed by atoms with Crippen molar-refractivity contribution in [3.05, 3.63) is 29.1 Å². The predicted octanol–water partition coefficient (Wildman–Crippen LogP) is 1.54. The third kappa shape index (κ3) is 3.53. The maximum Gasteiger partial charge on any atom is 0.255 e. The minimum absolute atomic E-state index is 0.00984. The van der Waals surface area contributed by atoms with Crippen LogP contribution in [0.5, 0.6) is 0 Å². The van der Waals surface area contributed by atoms with Crippen LogP contribution in [-0.4, -0.2) is 40.6 Å². The fourth-order valence-electron chi connectivity index (χ4n) is 1.79. The lowest BCUT2D eigenvalue weighted by Crippen LogP contribution is -2.34. The van der Waals surface area contributed by atoms with Gasteiger partial charge in [0.2, 0.25) is 0 Å². The molecule has 17 heavy (non-hydrogen) atoms. The Kier molecular flexibility index (Phi) is 5.10. The molecule has 0 unspecified atom stereocenters. The summed E-state index contributed by atoms with van der Waals surface area (Å²) in [6.45, 7) is 6.77. The van der Waals surface area contributed by atoms with Gasteiger partial charge in [-0.1, -0.05) is 6.92 Å². The Morgan fingerprint density at radius 2 is 2.06 bits per heavy atom. The SMILES string of the molecule is CCCN(CCO)C(=O)c1ccc(C)nc1C. The molecule has 0 fully saturated rings. The van der Waals surface area contributed by atoms with E-state index in [1.165, 1.54) is 0 Å². The van der Waals surface area contributed by atoms with E-state index in [0.29, 0.717) is 18.7 Å². The number of carbonyl (C=O) groups excluding carboxylic acids is 1. The maximum atomic E-state index is 12.2. The molecule has 4 nitrogen and oxygen atoms in total. The molecule has 0 atom stereocenters. The van der Waals surface area contributed by atoms with Crippen LogP contribution in [0.3, 0.4) is 0 Å². The van der Waals surface area contributed by atoms with E-state index >= 15 is 0 Å². The van der Waals surface area contributed by atoms with Gasteiger partial charge in [-0.05, 0) is 32.4 Å². The minimum atomic E-state index is -0.0501. The predicted molar refractivity (Wildman–Crippen MR) is 67.0 cm³/mol. The van der Waals surface area contributed by atoms with Crippen molar-refractivity contribution in [2.45, 2.75) is 27.2 Å². The molecule has 1 heterocycles. The highest BCUT2D eigenvalue weighted by Gasteiger charge is 2.16. The number of aryl methyl sites for hydroxylation is 2. The van der Waals surface area contributed by atoms with E-state index in [2.05, 4.69) is 4.98 Å². The van der Waals surface area contributed by atoms with Crippen LogP contribution in [-0.2, 0) is 0 Å². The van der Waals surface area contributed by atoms with Crippen LogP contribution in [0.4, 0.5) is 0 Å². The molecule has 4 heteroatoms. The van der Waals surface area contributed by atoms with E-state index in [4.69, 9.17) is 5.11 Å². The molecule has 1 N–H and O–H groups in total. The molecule has 0 radical (unpaired) electrons. The number of carbonyl (C=O) groups is 1. The molecule has 0 saturated carbocycles. The number of hydrogen-bond acceptors (Lipinski definition) is 3. The quantitative estimate of drug-likeness (QED) is 0.843. The van der Waals surface area contributed by atoms with Crippen molar-refractivity contribution in [1.82, 2.24) is 9.88 Å². The Labute approximate surface area is 102 Å². The summed E-state index contributed by atoms with van der Waals surface area (Å²) in [6.07, 6.45) is 0.879. The molecule has 0 aliphatic carbocycles. The molecule has 0 aromatic carbocycles. The number of pyridine rings is 1. The Morgan fingerprint density at radius 3 is 2.59 bits per heavy atom. The summed E-state index contributed by atoms with van der Waals surface area (Å²) < 4.78 is 0. The summed E-state index contributed by atoms with van der Waals surface area (Å²) in [6, 6.07) is 3.64. The van der Waals surface area contributed by atoms with Crippen LogP contribution >= 0.6 is 0 Å². The van der Waals surface area contributed by atoms with E-state index < -0.39 is 0 Å². The first-order valence-electron chi connectivity index (χ1n) is 5.94. The van der Waals surface area contributed by atoms with E-state index in [0.717, 1.165) is 17.8 Å². The van der Waals surface area contributed by atoms with E-state index in [1.807, 2.05) is 26.8 Å². The minimum Gasteiger partial charge on any atom is -0.395 e. The van der Waals surface area contributed by atoms with Gasteiger partial charge in [0, 0.05) is 18.8 Å². The Balaban J connectivity index is 2.92. The van der Waals surface area contributed by atoms with Crippen LogP contribution < -0.4 is 0 Å². The molecular formula is C13H20N2O2. The molecule has 0 aliphatic rings. The van der Waals surface area contributed by atoms with Crippen molar-refractivity contribution in [2.75, 3.05) is 19.7 Å². The van der Waals surface area contributed by atoms with Gasteiger partial charge in [0.05, 0.1) is 17.9 Å². The first-order chi connectivity index (χ1) is 8.10. The van der Waals surface area contributed by atoms with Crippen LogP contribution in [0, 0.1) is 13.8 Å². The van der Waals surface area contributed by atoms with Gasteiger partial charge in [0.15, 0.2) is 0 Å². The molecule has 0 bridgehead atoms. The summed E-state index contributed by atoms with van der Waals surface area (Å²) in [7, 11) is 0. The van der Waals surface area contributed by atoms with Gasteiger partial charge in [-0.3, -0.25) is 9.78 Å². The number of aliphatic hydroxyl groups is 1. The second-order valence-corrected chi connectivity index (χ2v) is 4.10. The summed E-state index contributed by atoms with van der Waals surface area (Å²) >= 11 is 0. The second kappa shape index (κ2) is 6.35. The van der Waals surface area contributed by atoms with Crippen LogP contribution in [0.15, 0.2) is 12.1 Å². The number of aliphatic hydroxyl groups excluding tert-OH is 1. The third-order valence-corrected chi connectivity index (χ3v) is 2.61. The summed E-state index contributed by atoms with van der Waals surface area (Å²) in [5.41, 5.74) is 2.27. The Bertz CT molecular complexity index is 385. The molecule has 0 saturated heterocycles. The van der Waals surface area contributed by atoms with Crippen molar-refractivity contribution >= 4 is 5.91 Å². The molecule has 1 aromatic heterocycles. The van der Waals surface area contributed by atoms with Gasteiger partial charge in [-0.25, -0.2) is 0 Å². The van der Waals surface area contributed by atoms with Crippen molar-refractivity contribution in [1.29, 1.82) is 0 Å². The molecule has 94 valence electrons. The number of amides is 1. The van der Waals surface area contributed by atoms with Gasteiger partial charge < -0.3 is 10.0 Å². The van der Waals surface area contributed by atoms with Crippen molar-refractivity contribution in [3.63, 3.8) is 0 Å². The van der Waals surface area contributed by atoms with Crippen molar-refractivity contribution < 1.29 is 9.90 Å². The van der Waals surface area contributed by atoms with Gasteiger partial charge in [-0.2, -0.15) is 0 Å². The number of nitrogens with zero attached hydrogens (tertiary/aromatic N) is 2. The number of rotatable bonds is 5. The summed E-state index contributed by atoms with van der Waals surface area (Å²) in [5.74, 6) is -0.0501. The first kappa shape index (κ1) is 13.6. The summed E-state index contributed by atoms with van der Waals surface area (Å²) in [5, 5.41) is 8.96. The summed E-state index contributed by atoms with van der Waals surface area (Å²) in [4.78, 5) is 18.2. The largest absolute Gasteiger partial charge is 0.395 e. The van der Waals surface area contributed by atoms with Gasteiger partial charge >= 0.3 is 0 Å². The van der Waals surface area contributed by atoms with Crippen LogP contribution in [0.1, 0.15) is 35.1 Å². The van der Waals surface area contributed by atoms with Crippen molar-refractivity contribution in [2.24, 2.45) is 0 Å². The number of aromatic nitrogens is 1. The molecule has 0 aliphatic heterocycles.